The summed E-state index contributed by atoms with van der Waals surface area (Å²) in [6.07, 6.45) is 0.853. The molecule has 1 aromatic rings. The fourth-order valence-electron chi connectivity index (χ4n) is 1.53. The Morgan fingerprint density at radius 1 is 1.22 bits per heavy atom. The van der Waals surface area contributed by atoms with E-state index in [0.29, 0.717) is 19.1 Å². The summed E-state index contributed by atoms with van der Waals surface area (Å²) in [4.78, 5) is 8.93. The van der Waals surface area contributed by atoms with Crippen LogP contribution < -0.4 is 10.1 Å². The molecule has 0 aliphatic carbocycles. The molecular weight excluding hydrogens is 230 g/mol. The van der Waals surface area contributed by atoms with E-state index in [1.165, 1.54) is 0 Å². The fraction of sp³-hybridized carbons (Fsp3) is 0.692. The minimum atomic E-state index is 0.277. The first-order valence-electron chi connectivity index (χ1n) is 6.28. The van der Waals surface area contributed by atoms with Crippen LogP contribution in [0.25, 0.3) is 0 Å². The Balaban J connectivity index is 2.84. The SMILES string of the molecule is CNc1nc(C(C)C)nc(OCCCOC)c1C. The Morgan fingerprint density at radius 3 is 2.50 bits per heavy atom. The van der Waals surface area contributed by atoms with Crippen molar-refractivity contribution in [2.75, 3.05) is 32.7 Å². The van der Waals surface area contributed by atoms with Crippen molar-refractivity contribution in [1.82, 2.24) is 9.97 Å². The molecule has 0 saturated carbocycles. The second-order valence-electron chi connectivity index (χ2n) is 4.46. The van der Waals surface area contributed by atoms with Gasteiger partial charge in [-0.25, -0.2) is 4.98 Å². The molecule has 1 N–H and O–H groups in total. The molecule has 0 unspecified atom stereocenters. The average molecular weight is 253 g/mol. The van der Waals surface area contributed by atoms with Crippen molar-refractivity contribution in [2.24, 2.45) is 0 Å². The average Bonchev–Trinajstić information content (AvgIpc) is 2.36. The van der Waals surface area contributed by atoms with E-state index in [0.717, 1.165) is 23.6 Å². The normalized spacial score (nSPS) is 10.8. The van der Waals surface area contributed by atoms with Crippen molar-refractivity contribution >= 4 is 5.82 Å². The third kappa shape index (κ3) is 3.84. The van der Waals surface area contributed by atoms with Gasteiger partial charge in [0.1, 0.15) is 11.6 Å². The molecule has 0 bridgehead atoms. The van der Waals surface area contributed by atoms with Crippen LogP contribution in [0.3, 0.4) is 0 Å². The molecule has 0 radical (unpaired) electrons. The van der Waals surface area contributed by atoms with Crippen molar-refractivity contribution in [1.29, 1.82) is 0 Å². The van der Waals surface area contributed by atoms with Crippen LogP contribution in [0.2, 0.25) is 0 Å². The van der Waals surface area contributed by atoms with Crippen molar-refractivity contribution in [3.63, 3.8) is 0 Å². The third-order valence-corrected chi connectivity index (χ3v) is 2.60. The third-order valence-electron chi connectivity index (χ3n) is 2.60. The van der Waals surface area contributed by atoms with Gasteiger partial charge in [-0.1, -0.05) is 13.8 Å². The Hall–Kier alpha value is -1.36. The van der Waals surface area contributed by atoms with Gasteiger partial charge < -0.3 is 14.8 Å². The summed E-state index contributed by atoms with van der Waals surface area (Å²) in [6.45, 7) is 7.39. The Kier molecular flexibility index (Phi) is 5.85. The number of methoxy groups -OCH3 is 1. The quantitative estimate of drug-likeness (QED) is 0.756. The van der Waals surface area contributed by atoms with Gasteiger partial charge in [0.15, 0.2) is 0 Å². The highest BCUT2D eigenvalue weighted by Crippen LogP contribution is 2.24. The Bertz CT molecular complexity index is 381. The van der Waals surface area contributed by atoms with Crippen LogP contribution in [-0.4, -0.2) is 37.3 Å². The maximum Gasteiger partial charge on any atom is 0.221 e. The van der Waals surface area contributed by atoms with Crippen LogP contribution in [0, 0.1) is 6.92 Å². The molecule has 5 nitrogen and oxygen atoms in total. The summed E-state index contributed by atoms with van der Waals surface area (Å²) in [6, 6.07) is 0. The number of hydrogen-bond donors (Lipinski definition) is 1. The minimum absolute atomic E-state index is 0.277. The van der Waals surface area contributed by atoms with Gasteiger partial charge in [0.05, 0.1) is 12.2 Å². The van der Waals surface area contributed by atoms with Gasteiger partial charge >= 0.3 is 0 Å². The Labute approximate surface area is 109 Å². The van der Waals surface area contributed by atoms with Crippen LogP contribution in [0.1, 0.15) is 37.6 Å². The van der Waals surface area contributed by atoms with Gasteiger partial charge in [-0.2, -0.15) is 4.98 Å². The summed E-state index contributed by atoms with van der Waals surface area (Å²) >= 11 is 0. The zero-order chi connectivity index (χ0) is 13.5. The monoisotopic (exact) mass is 253 g/mol. The smallest absolute Gasteiger partial charge is 0.221 e. The van der Waals surface area contributed by atoms with E-state index in [2.05, 4.69) is 29.1 Å². The van der Waals surface area contributed by atoms with Gasteiger partial charge in [0.25, 0.3) is 0 Å². The highest BCUT2D eigenvalue weighted by molar-refractivity contribution is 5.48. The van der Waals surface area contributed by atoms with Gasteiger partial charge in [-0.15, -0.1) is 0 Å². The molecule has 18 heavy (non-hydrogen) atoms. The number of nitrogens with zero attached hydrogens (tertiary/aromatic N) is 2. The summed E-state index contributed by atoms with van der Waals surface area (Å²) < 4.78 is 10.7. The second-order valence-corrected chi connectivity index (χ2v) is 4.46. The van der Waals surface area contributed by atoms with E-state index < -0.39 is 0 Å². The topological polar surface area (TPSA) is 56.3 Å². The van der Waals surface area contributed by atoms with E-state index in [1.54, 1.807) is 7.11 Å². The maximum absolute atomic E-state index is 5.70. The Morgan fingerprint density at radius 2 is 1.94 bits per heavy atom. The largest absolute Gasteiger partial charge is 0.477 e. The van der Waals surface area contributed by atoms with E-state index >= 15 is 0 Å². The van der Waals surface area contributed by atoms with Gasteiger partial charge in [0, 0.05) is 33.1 Å². The molecule has 0 saturated heterocycles. The van der Waals surface area contributed by atoms with Crippen molar-refractivity contribution in [3.05, 3.63) is 11.4 Å². The van der Waals surface area contributed by atoms with Gasteiger partial charge in [-0.3, -0.25) is 0 Å². The highest BCUT2D eigenvalue weighted by Gasteiger charge is 2.13. The molecule has 5 heteroatoms. The first-order valence-corrected chi connectivity index (χ1v) is 6.28. The number of anilines is 1. The first-order chi connectivity index (χ1) is 8.60. The number of nitrogens with one attached hydrogen (secondary N) is 1. The van der Waals surface area contributed by atoms with Crippen LogP contribution in [0.4, 0.5) is 5.82 Å². The van der Waals surface area contributed by atoms with Gasteiger partial charge in [-0.05, 0) is 6.92 Å². The van der Waals surface area contributed by atoms with E-state index in [-0.39, 0.29) is 5.92 Å². The van der Waals surface area contributed by atoms with Crippen molar-refractivity contribution in [2.45, 2.75) is 33.1 Å². The van der Waals surface area contributed by atoms with Crippen LogP contribution in [0.5, 0.6) is 5.88 Å². The van der Waals surface area contributed by atoms with Crippen LogP contribution in [-0.2, 0) is 4.74 Å². The van der Waals surface area contributed by atoms with E-state index in [4.69, 9.17) is 9.47 Å². The lowest BCUT2D eigenvalue weighted by molar-refractivity contribution is 0.170. The molecule has 1 rings (SSSR count). The molecule has 0 aromatic carbocycles. The minimum Gasteiger partial charge on any atom is -0.477 e. The second kappa shape index (κ2) is 7.16. The number of hydrogen-bond acceptors (Lipinski definition) is 5. The molecule has 1 aromatic heterocycles. The summed E-state index contributed by atoms with van der Waals surface area (Å²) in [5, 5.41) is 3.08. The predicted octanol–water partition coefficient (Wildman–Crippen LogP) is 2.37. The molecular formula is C13H23N3O2. The summed E-state index contributed by atoms with van der Waals surface area (Å²) in [5.41, 5.74) is 0.944. The molecule has 0 aliphatic heterocycles. The molecule has 102 valence electrons. The number of rotatable bonds is 7. The van der Waals surface area contributed by atoms with Gasteiger partial charge in [0.2, 0.25) is 5.88 Å². The lowest BCUT2D eigenvalue weighted by Gasteiger charge is -2.14. The zero-order valence-corrected chi connectivity index (χ0v) is 11.9. The maximum atomic E-state index is 5.70. The van der Waals surface area contributed by atoms with Crippen molar-refractivity contribution in [3.8, 4) is 5.88 Å². The molecule has 0 amide bonds. The zero-order valence-electron chi connectivity index (χ0n) is 11.9. The number of ether oxygens (including phenoxy) is 2. The predicted molar refractivity (Wildman–Crippen MR) is 72.4 cm³/mol. The summed E-state index contributed by atoms with van der Waals surface area (Å²) in [7, 11) is 3.54. The first kappa shape index (κ1) is 14.7. The molecule has 0 spiro atoms. The molecule has 0 fully saturated rings. The fourth-order valence-corrected chi connectivity index (χ4v) is 1.53. The molecule has 1 heterocycles. The van der Waals surface area contributed by atoms with E-state index in [1.807, 2.05) is 14.0 Å². The van der Waals surface area contributed by atoms with E-state index in [9.17, 15) is 0 Å². The standard InChI is InChI=1S/C13H23N3O2/c1-9(2)11-15-12(14-4)10(3)13(16-11)18-8-6-7-17-5/h9H,6-8H2,1-5H3,(H,14,15,16). The van der Waals surface area contributed by atoms with Crippen LogP contribution >= 0.6 is 0 Å². The summed E-state index contributed by atoms with van der Waals surface area (Å²) in [5.74, 6) is 2.57. The highest BCUT2D eigenvalue weighted by atomic mass is 16.5. The number of aromatic nitrogens is 2. The lowest BCUT2D eigenvalue weighted by atomic mass is 10.2. The van der Waals surface area contributed by atoms with Crippen molar-refractivity contribution < 1.29 is 9.47 Å². The van der Waals surface area contributed by atoms with Crippen LogP contribution in [0.15, 0.2) is 0 Å². The molecule has 0 aliphatic rings. The lowest BCUT2D eigenvalue weighted by Crippen LogP contribution is -2.09. The molecule has 0 atom stereocenters.